The zero-order chi connectivity index (χ0) is 11.8. The first-order valence-electron chi connectivity index (χ1n) is 5.00. The molecular weight excluding hydrogens is 254 g/mol. The number of halogens is 1. The molecule has 0 spiro atoms. The van der Waals surface area contributed by atoms with E-state index < -0.39 is 0 Å². The molecule has 0 bridgehead atoms. The van der Waals surface area contributed by atoms with Gasteiger partial charge in [0.1, 0.15) is 5.01 Å². The number of hydrogen-bond acceptors (Lipinski definition) is 4. The lowest BCUT2D eigenvalue weighted by molar-refractivity contribution is 1.33. The topological polar surface area (TPSA) is 51.8 Å². The summed E-state index contributed by atoms with van der Waals surface area (Å²) in [6, 6.07) is 7.53. The monoisotopic (exact) mass is 261 g/mol. The number of fused-ring (bicyclic) bond motifs is 1. The highest BCUT2D eigenvalue weighted by molar-refractivity contribution is 7.21. The summed E-state index contributed by atoms with van der Waals surface area (Å²) in [6.45, 7) is 0. The molecule has 2 aromatic heterocycles. The maximum atomic E-state index is 5.95. The summed E-state index contributed by atoms with van der Waals surface area (Å²) in [7, 11) is 0. The normalized spacial score (nSPS) is 10.9. The molecule has 3 aromatic rings. The number of rotatable bonds is 1. The van der Waals surface area contributed by atoms with E-state index in [2.05, 4.69) is 9.97 Å². The number of pyridine rings is 1. The molecule has 0 saturated carbocycles. The third kappa shape index (κ3) is 1.85. The molecule has 0 unspecified atom stereocenters. The Balaban J connectivity index is 2.22. The highest BCUT2D eigenvalue weighted by Crippen LogP contribution is 2.33. The zero-order valence-corrected chi connectivity index (χ0v) is 10.3. The molecule has 0 radical (unpaired) electrons. The molecular formula is C12H8ClN3S. The summed E-state index contributed by atoms with van der Waals surface area (Å²) < 4.78 is 1.06. The van der Waals surface area contributed by atoms with E-state index in [0.29, 0.717) is 5.69 Å². The van der Waals surface area contributed by atoms with Gasteiger partial charge in [-0.2, -0.15) is 0 Å². The van der Waals surface area contributed by atoms with Crippen LogP contribution in [0.15, 0.2) is 36.7 Å². The van der Waals surface area contributed by atoms with Crippen molar-refractivity contribution in [3.05, 3.63) is 41.7 Å². The average molecular weight is 262 g/mol. The molecule has 0 fully saturated rings. The van der Waals surface area contributed by atoms with Crippen molar-refractivity contribution in [2.75, 3.05) is 5.73 Å². The van der Waals surface area contributed by atoms with Crippen molar-refractivity contribution in [2.45, 2.75) is 0 Å². The number of nitrogens with zero attached hydrogens (tertiary/aromatic N) is 2. The van der Waals surface area contributed by atoms with Crippen LogP contribution in [-0.2, 0) is 0 Å². The van der Waals surface area contributed by atoms with E-state index in [0.717, 1.165) is 25.8 Å². The number of benzene rings is 1. The number of nitrogen functional groups attached to an aromatic ring is 1. The standard InChI is InChI=1S/C12H8ClN3S/c13-7-1-2-10-11(5-7)17-12(16-10)8-3-4-15-6-9(8)14/h1-6H,14H2. The maximum Gasteiger partial charge on any atom is 0.126 e. The van der Waals surface area contributed by atoms with E-state index in [-0.39, 0.29) is 0 Å². The average Bonchev–Trinajstić information content (AvgIpc) is 2.72. The first-order chi connectivity index (χ1) is 8.24. The Morgan fingerprint density at radius 3 is 2.94 bits per heavy atom. The Hall–Kier alpha value is -1.65. The van der Waals surface area contributed by atoms with Crippen LogP contribution < -0.4 is 5.73 Å². The Morgan fingerprint density at radius 2 is 2.12 bits per heavy atom. The lowest BCUT2D eigenvalue weighted by Gasteiger charge is -1.98. The van der Waals surface area contributed by atoms with Crippen LogP contribution >= 0.6 is 22.9 Å². The van der Waals surface area contributed by atoms with E-state index in [1.807, 2.05) is 24.3 Å². The lowest BCUT2D eigenvalue weighted by atomic mass is 10.2. The molecule has 84 valence electrons. The molecule has 0 atom stereocenters. The Labute approximate surface area is 107 Å². The van der Waals surface area contributed by atoms with E-state index in [1.165, 1.54) is 0 Å². The largest absolute Gasteiger partial charge is 0.397 e. The first kappa shape index (κ1) is 10.5. The van der Waals surface area contributed by atoms with Crippen molar-refractivity contribution in [3.63, 3.8) is 0 Å². The molecule has 2 heterocycles. The van der Waals surface area contributed by atoms with Gasteiger partial charge in [0.15, 0.2) is 0 Å². The molecule has 0 aliphatic heterocycles. The molecule has 0 aliphatic carbocycles. The third-order valence-corrected chi connectivity index (χ3v) is 3.72. The zero-order valence-electron chi connectivity index (χ0n) is 8.72. The molecule has 0 saturated heterocycles. The number of anilines is 1. The number of thiazole rings is 1. The van der Waals surface area contributed by atoms with Gasteiger partial charge in [0.05, 0.1) is 22.1 Å². The fraction of sp³-hybridized carbons (Fsp3) is 0. The fourth-order valence-electron chi connectivity index (χ4n) is 1.62. The van der Waals surface area contributed by atoms with E-state index in [9.17, 15) is 0 Å². The molecule has 3 nitrogen and oxygen atoms in total. The van der Waals surface area contributed by atoms with Crippen LogP contribution in [0.4, 0.5) is 5.69 Å². The van der Waals surface area contributed by atoms with Crippen molar-refractivity contribution >= 4 is 38.8 Å². The molecule has 5 heteroatoms. The van der Waals surface area contributed by atoms with Crippen molar-refractivity contribution in [1.82, 2.24) is 9.97 Å². The van der Waals surface area contributed by atoms with Gasteiger partial charge in [0, 0.05) is 16.8 Å². The Kier molecular flexibility index (Phi) is 2.46. The summed E-state index contributed by atoms with van der Waals surface area (Å²) in [5.41, 5.74) is 8.37. The quantitative estimate of drug-likeness (QED) is 0.728. The Bertz CT molecular complexity index is 693. The summed E-state index contributed by atoms with van der Waals surface area (Å²) in [4.78, 5) is 8.51. The van der Waals surface area contributed by atoms with Crippen LogP contribution in [0, 0.1) is 0 Å². The van der Waals surface area contributed by atoms with Crippen molar-refractivity contribution < 1.29 is 0 Å². The van der Waals surface area contributed by atoms with Gasteiger partial charge in [0.25, 0.3) is 0 Å². The van der Waals surface area contributed by atoms with Crippen LogP contribution in [0.3, 0.4) is 0 Å². The molecule has 17 heavy (non-hydrogen) atoms. The van der Waals surface area contributed by atoms with Crippen LogP contribution in [-0.4, -0.2) is 9.97 Å². The summed E-state index contributed by atoms with van der Waals surface area (Å²) in [6.07, 6.45) is 3.35. The highest BCUT2D eigenvalue weighted by atomic mass is 35.5. The minimum absolute atomic E-state index is 0.637. The number of aromatic nitrogens is 2. The highest BCUT2D eigenvalue weighted by Gasteiger charge is 2.09. The first-order valence-corrected chi connectivity index (χ1v) is 6.19. The van der Waals surface area contributed by atoms with Crippen molar-refractivity contribution in [3.8, 4) is 10.6 Å². The van der Waals surface area contributed by atoms with Crippen molar-refractivity contribution in [1.29, 1.82) is 0 Å². The third-order valence-electron chi connectivity index (χ3n) is 2.43. The second-order valence-electron chi connectivity index (χ2n) is 3.59. The molecule has 2 N–H and O–H groups in total. The van der Waals surface area contributed by atoms with Gasteiger partial charge >= 0.3 is 0 Å². The van der Waals surface area contributed by atoms with Gasteiger partial charge in [-0.1, -0.05) is 11.6 Å². The Morgan fingerprint density at radius 1 is 1.24 bits per heavy atom. The minimum Gasteiger partial charge on any atom is -0.397 e. The maximum absolute atomic E-state index is 5.95. The SMILES string of the molecule is Nc1cnccc1-c1nc2ccc(Cl)cc2s1. The smallest absolute Gasteiger partial charge is 0.126 e. The predicted molar refractivity (Wildman–Crippen MR) is 72.3 cm³/mol. The van der Waals surface area contributed by atoms with Crippen LogP contribution in [0.1, 0.15) is 0 Å². The summed E-state index contributed by atoms with van der Waals surface area (Å²) >= 11 is 7.52. The van der Waals surface area contributed by atoms with E-state index >= 15 is 0 Å². The van der Waals surface area contributed by atoms with Gasteiger partial charge in [-0.15, -0.1) is 11.3 Å². The van der Waals surface area contributed by atoms with Gasteiger partial charge in [0.2, 0.25) is 0 Å². The van der Waals surface area contributed by atoms with E-state index in [1.54, 1.807) is 23.7 Å². The van der Waals surface area contributed by atoms with Crippen LogP contribution in [0.2, 0.25) is 5.02 Å². The van der Waals surface area contributed by atoms with Crippen LogP contribution in [0.5, 0.6) is 0 Å². The predicted octanol–water partition coefficient (Wildman–Crippen LogP) is 3.59. The van der Waals surface area contributed by atoms with Gasteiger partial charge in [-0.3, -0.25) is 4.98 Å². The minimum atomic E-state index is 0.637. The lowest BCUT2D eigenvalue weighted by Crippen LogP contribution is -1.89. The number of nitrogens with two attached hydrogens (primary N) is 1. The van der Waals surface area contributed by atoms with Crippen molar-refractivity contribution in [2.24, 2.45) is 0 Å². The van der Waals surface area contributed by atoms with Crippen LogP contribution in [0.25, 0.3) is 20.8 Å². The second kappa shape index (κ2) is 3.98. The fourth-order valence-corrected chi connectivity index (χ4v) is 2.90. The van der Waals surface area contributed by atoms with Gasteiger partial charge in [-0.05, 0) is 24.3 Å². The van der Waals surface area contributed by atoms with Gasteiger partial charge in [-0.25, -0.2) is 4.98 Å². The van der Waals surface area contributed by atoms with Gasteiger partial charge < -0.3 is 5.73 Å². The molecule has 3 rings (SSSR count). The van der Waals surface area contributed by atoms with E-state index in [4.69, 9.17) is 17.3 Å². The summed E-state index contributed by atoms with van der Waals surface area (Å²) in [5.74, 6) is 0. The molecule has 1 aromatic carbocycles. The summed E-state index contributed by atoms with van der Waals surface area (Å²) in [5, 5.41) is 1.61. The second-order valence-corrected chi connectivity index (χ2v) is 5.06. The molecule has 0 amide bonds. The number of hydrogen-bond donors (Lipinski definition) is 1. The molecule has 0 aliphatic rings.